The number of nitriles is 1. The molecule has 36 heavy (non-hydrogen) atoms. The maximum Gasteiger partial charge on any atom is 0.163 e. The summed E-state index contributed by atoms with van der Waals surface area (Å²) in [4.78, 5) is 9.34. The molecule has 1 aromatic heterocycles. The monoisotopic (exact) mass is 528 g/mol. The summed E-state index contributed by atoms with van der Waals surface area (Å²) in [5, 5.41) is 11.5. The molecule has 0 aliphatic carbocycles. The Kier molecular flexibility index (Phi) is 8.76. The molecule has 7 nitrogen and oxygen atoms in total. The number of hydrogen-bond donors (Lipinski definition) is 0. The first kappa shape index (κ1) is 26.3. The fourth-order valence-corrected chi connectivity index (χ4v) is 4.94. The quantitative estimate of drug-likeness (QED) is 0.360. The van der Waals surface area contributed by atoms with E-state index in [2.05, 4.69) is 27.9 Å². The Morgan fingerprint density at radius 1 is 0.972 bits per heavy atom. The molecule has 190 valence electrons. The highest BCUT2D eigenvalue weighted by molar-refractivity contribution is 6.36. The highest BCUT2D eigenvalue weighted by Gasteiger charge is 2.18. The minimum atomic E-state index is 0.405. The Morgan fingerprint density at radius 3 is 2.42 bits per heavy atom. The molecule has 0 unspecified atom stereocenters. The van der Waals surface area contributed by atoms with Gasteiger partial charge in [-0.15, -0.1) is 0 Å². The molecule has 0 amide bonds. The number of halogens is 2. The van der Waals surface area contributed by atoms with Gasteiger partial charge in [-0.2, -0.15) is 5.26 Å². The largest absolute Gasteiger partial charge is 0.495 e. The van der Waals surface area contributed by atoms with Gasteiger partial charge in [0.15, 0.2) is 11.5 Å². The molecule has 3 aromatic rings. The summed E-state index contributed by atoms with van der Waals surface area (Å²) < 4.78 is 17.1. The lowest BCUT2D eigenvalue weighted by Gasteiger charge is -2.32. The molecular formula is C27H30Cl2N4O3. The van der Waals surface area contributed by atoms with Crippen molar-refractivity contribution in [3.05, 3.63) is 57.2 Å². The molecule has 0 saturated carbocycles. The normalized spacial score (nSPS) is 14.6. The van der Waals surface area contributed by atoms with E-state index in [4.69, 9.17) is 37.4 Å². The first-order valence-corrected chi connectivity index (χ1v) is 12.6. The summed E-state index contributed by atoms with van der Waals surface area (Å²) in [6.45, 7) is 5.97. The highest BCUT2D eigenvalue weighted by Crippen LogP contribution is 2.37. The van der Waals surface area contributed by atoms with Gasteiger partial charge in [0.2, 0.25) is 0 Å². The predicted molar refractivity (Wildman–Crippen MR) is 143 cm³/mol. The van der Waals surface area contributed by atoms with Gasteiger partial charge in [-0.3, -0.25) is 4.98 Å². The lowest BCUT2D eigenvalue weighted by Crippen LogP contribution is -2.44. The van der Waals surface area contributed by atoms with Crippen molar-refractivity contribution in [2.24, 2.45) is 0 Å². The number of hydrogen-bond acceptors (Lipinski definition) is 7. The Hall–Kier alpha value is -2.76. The Balaban J connectivity index is 1.57. The second-order valence-corrected chi connectivity index (χ2v) is 9.70. The molecule has 9 heteroatoms. The molecule has 0 bridgehead atoms. The van der Waals surface area contributed by atoms with E-state index in [0.29, 0.717) is 45.9 Å². The zero-order valence-electron chi connectivity index (χ0n) is 20.8. The zero-order valence-corrected chi connectivity index (χ0v) is 22.3. The van der Waals surface area contributed by atoms with Gasteiger partial charge in [-0.05, 0) is 42.8 Å². The molecule has 0 radical (unpaired) electrons. The second-order valence-electron chi connectivity index (χ2n) is 8.88. The van der Waals surface area contributed by atoms with Crippen molar-refractivity contribution in [2.75, 3.05) is 60.6 Å². The molecule has 2 heterocycles. The van der Waals surface area contributed by atoms with Gasteiger partial charge in [0.1, 0.15) is 11.8 Å². The van der Waals surface area contributed by atoms with Crippen LogP contribution in [-0.4, -0.2) is 75.4 Å². The van der Waals surface area contributed by atoms with Gasteiger partial charge in [0.25, 0.3) is 0 Å². The number of pyridine rings is 1. The number of methoxy groups -OCH3 is 2. The number of likely N-dealkylation sites (N-methyl/N-ethyl adjacent to an activating group) is 1. The molecule has 0 atom stereocenters. The fourth-order valence-electron chi connectivity index (χ4n) is 4.41. The van der Waals surface area contributed by atoms with Gasteiger partial charge in [-0.1, -0.05) is 23.2 Å². The fraction of sp³-hybridized carbons (Fsp3) is 0.407. The van der Waals surface area contributed by atoms with Crippen LogP contribution in [-0.2, 0) is 6.42 Å². The molecule has 1 fully saturated rings. The van der Waals surface area contributed by atoms with E-state index in [-0.39, 0.29) is 0 Å². The highest BCUT2D eigenvalue weighted by atomic mass is 35.5. The van der Waals surface area contributed by atoms with Crippen molar-refractivity contribution in [2.45, 2.75) is 12.8 Å². The van der Waals surface area contributed by atoms with E-state index >= 15 is 0 Å². The number of ether oxygens (including phenoxy) is 3. The van der Waals surface area contributed by atoms with Crippen LogP contribution in [0.1, 0.15) is 23.1 Å². The van der Waals surface area contributed by atoms with Gasteiger partial charge in [0.05, 0.1) is 36.9 Å². The number of nitrogens with zero attached hydrogens (tertiary/aromatic N) is 4. The first-order valence-electron chi connectivity index (χ1n) is 11.9. The van der Waals surface area contributed by atoms with E-state index < -0.39 is 0 Å². The molecule has 0 spiro atoms. The average Bonchev–Trinajstić information content (AvgIpc) is 2.88. The van der Waals surface area contributed by atoms with Crippen LogP contribution in [0.2, 0.25) is 10.0 Å². The predicted octanol–water partition coefficient (Wildman–Crippen LogP) is 5.04. The minimum Gasteiger partial charge on any atom is -0.495 e. The number of rotatable bonds is 9. The lowest BCUT2D eigenvalue weighted by molar-refractivity contribution is 0.145. The van der Waals surface area contributed by atoms with Crippen LogP contribution in [0.4, 0.5) is 0 Å². The number of aromatic nitrogens is 1. The van der Waals surface area contributed by atoms with Crippen molar-refractivity contribution >= 4 is 34.1 Å². The summed E-state index contributed by atoms with van der Waals surface area (Å²) in [5.41, 5.74) is 2.78. The first-order chi connectivity index (χ1) is 17.4. The van der Waals surface area contributed by atoms with Gasteiger partial charge in [0, 0.05) is 61.8 Å². The van der Waals surface area contributed by atoms with Crippen LogP contribution >= 0.6 is 23.2 Å². The molecule has 2 aromatic carbocycles. The molecule has 1 aliphatic rings. The minimum absolute atomic E-state index is 0.405. The summed E-state index contributed by atoms with van der Waals surface area (Å²) in [7, 11) is 5.33. The van der Waals surface area contributed by atoms with Crippen molar-refractivity contribution in [3.63, 3.8) is 0 Å². The molecule has 4 rings (SSSR count). The lowest BCUT2D eigenvalue weighted by atomic mass is 9.96. The van der Waals surface area contributed by atoms with Gasteiger partial charge >= 0.3 is 0 Å². The molecule has 1 saturated heterocycles. The maximum atomic E-state index is 9.79. The van der Waals surface area contributed by atoms with Crippen LogP contribution < -0.4 is 14.2 Å². The molecule has 1 aliphatic heterocycles. The van der Waals surface area contributed by atoms with Crippen LogP contribution in [0.3, 0.4) is 0 Å². The Bertz CT molecular complexity index is 1270. The second kappa shape index (κ2) is 12.0. The number of benzene rings is 2. The van der Waals surface area contributed by atoms with Gasteiger partial charge in [-0.25, -0.2) is 0 Å². The number of piperazine rings is 1. The Labute approximate surface area is 222 Å². The van der Waals surface area contributed by atoms with Crippen molar-refractivity contribution < 1.29 is 14.2 Å². The van der Waals surface area contributed by atoms with Crippen LogP contribution in [0.25, 0.3) is 10.9 Å². The third-order valence-electron chi connectivity index (χ3n) is 6.55. The third-order valence-corrected chi connectivity index (χ3v) is 7.19. The Morgan fingerprint density at radius 2 is 1.72 bits per heavy atom. The summed E-state index contributed by atoms with van der Waals surface area (Å²) in [6, 6.07) is 9.46. The van der Waals surface area contributed by atoms with E-state index in [1.54, 1.807) is 32.5 Å². The summed E-state index contributed by atoms with van der Waals surface area (Å²) >= 11 is 12.7. The van der Waals surface area contributed by atoms with Crippen LogP contribution in [0, 0.1) is 11.3 Å². The van der Waals surface area contributed by atoms with E-state index in [9.17, 15) is 5.26 Å². The zero-order chi connectivity index (χ0) is 25.7. The smallest absolute Gasteiger partial charge is 0.163 e. The van der Waals surface area contributed by atoms with Crippen LogP contribution in [0.15, 0.2) is 30.5 Å². The standard InChI is InChI=1S/C27H30Cl2N4O3/c1-32-6-8-33(9-7-32)5-4-10-36-27-15-24-21(13-26(27)35-3)20(19(16-30)17-31-24)11-18-12-25(34-2)23(29)14-22(18)28/h12-15,17H,4-11H2,1-3H3. The van der Waals surface area contributed by atoms with Gasteiger partial charge < -0.3 is 24.0 Å². The van der Waals surface area contributed by atoms with Crippen molar-refractivity contribution in [1.82, 2.24) is 14.8 Å². The molecule has 0 N–H and O–H groups in total. The van der Waals surface area contributed by atoms with Crippen molar-refractivity contribution in [3.8, 4) is 23.3 Å². The van der Waals surface area contributed by atoms with E-state index in [0.717, 1.165) is 61.2 Å². The topological polar surface area (TPSA) is 70.9 Å². The number of fused-ring (bicyclic) bond motifs is 1. The average molecular weight is 529 g/mol. The third kappa shape index (κ3) is 5.96. The van der Waals surface area contributed by atoms with Crippen molar-refractivity contribution in [1.29, 1.82) is 5.26 Å². The van der Waals surface area contributed by atoms with E-state index in [1.165, 1.54) is 0 Å². The maximum absolute atomic E-state index is 9.79. The summed E-state index contributed by atoms with van der Waals surface area (Å²) in [6.07, 6.45) is 2.92. The SMILES string of the molecule is COc1cc(Cc2c(C#N)cnc3cc(OCCCN4CCN(C)CC4)c(OC)cc23)c(Cl)cc1Cl. The molecular weight excluding hydrogens is 499 g/mol. The van der Waals surface area contributed by atoms with Crippen LogP contribution in [0.5, 0.6) is 17.2 Å². The summed E-state index contributed by atoms with van der Waals surface area (Å²) in [5.74, 6) is 1.76. The van der Waals surface area contributed by atoms with E-state index in [1.807, 2.05) is 12.1 Å².